The molecule has 5 heteroatoms. The molecule has 0 saturated carbocycles. The van der Waals surface area contributed by atoms with Crippen molar-refractivity contribution in [2.45, 2.75) is 6.92 Å². The molecule has 0 bridgehead atoms. The first-order chi connectivity index (χ1) is 8.93. The first-order valence-corrected chi connectivity index (χ1v) is 6.54. The van der Waals surface area contributed by atoms with E-state index in [1.54, 1.807) is 6.08 Å². The minimum atomic E-state index is -0.987. The SMILES string of the molecule is CC(C#N)CN(C)c1ccc(Br)cc1/C=C/C(=O)O. The van der Waals surface area contributed by atoms with Crippen molar-refractivity contribution in [2.24, 2.45) is 5.92 Å². The van der Waals surface area contributed by atoms with E-state index in [4.69, 9.17) is 10.4 Å². The molecule has 0 fully saturated rings. The number of aliphatic carboxylic acids is 1. The summed E-state index contributed by atoms with van der Waals surface area (Å²) in [6.07, 6.45) is 2.66. The van der Waals surface area contributed by atoms with E-state index in [2.05, 4.69) is 22.0 Å². The molecular formula is C14H15BrN2O2. The van der Waals surface area contributed by atoms with Crippen LogP contribution in [-0.4, -0.2) is 24.7 Å². The van der Waals surface area contributed by atoms with Gasteiger partial charge >= 0.3 is 5.97 Å². The molecule has 0 heterocycles. The number of carboxylic acids is 1. The molecule has 0 spiro atoms. The number of benzene rings is 1. The van der Waals surface area contributed by atoms with Crippen LogP contribution in [-0.2, 0) is 4.79 Å². The zero-order valence-electron chi connectivity index (χ0n) is 10.8. The van der Waals surface area contributed by atoms with E-state index in [0.717, 1.165) is 21.8 Å². The number of hydrogen-bond donors (Lipinski definition) is 1. The van der Waals surface area contributed by atoms with Crippen LogP contribution in [0.2, 0.25) is 0 Å². The third-order valence-electron chi connectivity index (χ3n) is 2.57. The highest BCUT2D eigenvalue weighted by Gasteiger charge is 2.10. The molecule has 1 rings (SSSR count). The number of rotatable bonds is 5. The quantitative estimate of drug-likeness (QED) is 0.846. The van der Waals surface area contributed by atoms with Gasteiger partial charge in [0.1, 0.15) is 0 Å². The second-order valence-corrected chi connectivity index (χ2v) is 5.20. The van der Waals surface area contributed by atoms with E-state index >= 15 is 0 Å². The number of carboxylic acid groups (broad SMARTS) is 1. The molecule has 0 aliphatic heterocycles. The van der Waals surface area contributed by atoms with Crippen molar-refractivity contribution in [3.63, 3.8) is 0 Å². The number of carbonyl (C=O) groups is 1. The second kappa shape index (κ2) is 6.95. The molecular weight excluding hydrogens is 308 g/mol. The Morgan fingerprint density at radius 3 is 2.89 bits per heavy atom. The molecule has 0 aliphatic carbocycles. The Labute approximate surface area is 121 Å². The lowest BCUT2D eigenvalue weighted by Gasteiger charge is -2.22. The molecule has 1 N–H and O–H groups in total. The van der Waals surface area contributed by atoms with Crippen LogP contribution in [0.5, 0.6) is 0 Å². The van der Waals surface area contributed by atoms with Gasteiger partial charge in [0.2, 0.25) is 0 Å². The minimum absolute atomic E-state index is 0.0926. The lowest BCUT2D eigenvalue weighted by Crippen LogP contribution is -2.23. The van der Waals surface area contributed by atoms with Crippen molar-refractivity contribution >= 4 is 33.7 Å². The predicted molar refractivity (Wildman–Crippen MR) is 78.9 cm³/mol. The molecule has 0 radical (unpaired) electrons. The molecule has 0 saturated heterocycles. The lowest BCUT2D eigenvalue weighted by molar-refractivity contribution is -0.131. The Kier molecular flexibility index (Phi) is 5.58. The molecule has 1 unspecified atom stereocenters. The number of halogens is 1. The van der Waals surface area contributed by atoms with Gasteiger partial charge < -0.3 is 10.0 Å². The summed E-state index contributed by atoms with van der Waals surface area (Å²) in [6.45, 7) is 2.44. The molecule has 1 aromatic rings. The highest BCUT2D eigenvalue weighted by atomic mass is 79.9. The van der Waals surface area contributed by atoms with Crippen molar-refractivity contribution in [1.29, 1.82) is 5.26 Å². The van der Waals surface area contributed by atoms with Gasteiger partial charge in [0.05, 0.1) is 12.0 Å². The maximum atomic E-state index is 10.6. The lowest BCUT2D eigenvalue weighted by atomic mass is 10.1. The van der Waals surface area contributed by atoms with Gasteiger partial charge in [0.25, 0.3) is 0 Å². The summed E-state index contributed by atoms with van der Waals surface area (Å²) in [5.41, 5.74) is 1.69. The highest BCUT2D eigenvalue weighted by Crippen LogP contribution is 2.25. The average Bonchev–Trinajstić information content (AvgIpc) is 2.36. The van der Waals surface area contributed by atoms with Crippen LogP contribution in [0, 0.1) is 17.2 Å². The van der Waals surface area contributed by atoms with Gasteiger partial charge in [-0.25, -0.2) is 4.79 Å². The predicted octanol–water partition coefficient (Wildman–Crippen LogP) is 3.14. The summed E-state index contributed by atoms with van der Waals surface area (Å²) >= 11 is 3.36. The number of nitriles is 1. The van der Waals surface area contributed by atoms with Crippen LogP contribution in [0.4, 0.5) is 5.69 Å². The Bertz CT molecular complexity index is 535. The first kappa shape index (κ1) is 15.3. The van der Waals surface area contributed by atoms with Gasteiger partial charge in [-0.05, 0) is 36.8 Å². The van der Waals surface area contributed by atoms with Crippen LogP contribution >= 0.6 is 15.9 Å². The van der Waals surface area contributed by atoms with Crippen molar-refractivity contribution in [3.8, 4) is 6.07 Å². The fraction of sp³-hybridized carbons (Fsp3) is 0.286. The van der Waals surface area contributed by atoms with Crippen LogP contribution in [0.1, 0.15) is 12.5 Å². The average molecular weight is 323 g/mol. The summed E-state index contributed by atoms with van der Waals surface area (Å²) in [5.74, 6) is -1.08. The van der Waals surface area contributed by atoms with E-state index in [1.807, 2.05) is 37.1 Å². The van der Waals surface area contributed by atoms with E-state index in [9.17, 15) is 4.79 Å². The number of hydrogen-bond acceptors (Lipinski definition) is 3. The fourth-order valence-electron chi connectivity index (χ4n) is 1.72. The molecule has 0 aliphatic rings. The third kappa shape index (κ3) is 4.76. The molecule has 100 valence electrons. The summed E-state index contributed by atoms with van der Waals surface area (Å²) in [4.78, 5) is 12.6. The smallest absolute Gasteiger partial charge is 0.328 e. The largest absolute Gasteiger partial charge is 0.478 e. The molecule has 0 amide bonds. The van der Waals surface area contributed by atoms with Crippen molar-refractivity contribution in [2.75, 3.05) is 18.5 Å². The van der Waals surface area contributed by atoms with Gasteiger partial charge in [0.15, 0.2) is 0 Å². The number of nitrogens with zero attached hydrogens (tertiary/aromatic N) is 2. The van der Waals surface area contributed by atoms with Crippen LogP contribution in [0.15, 0.2) is 28.7 Å². The zero-order chi connectivity index (χ0) is 14.4. The third-order valence-corrected chi connectivity index (χ3v) is 3.07. The van der Waals surface area contributed by atoms with E-state index < -0.39 is 5.97 Å². The Morgan fingerprint density at radius 2 is 2.32 bits per heavy atom. The van der Waals surface area contributed by atoms with Crippen LogP contribution in [0.25, 0.3) is 6.08 Å². The molecule has 0 aromatic heterocycles. The van der Waals surface area contributed by atoms with E-state index in [1.165, 1.54) is 0 Å². The van der Waals surface area contributed by atoms with Gasteiger partial charge in [-0.3, -0.25) is 0 Å². The highest BCUT2D eigenvalue weighted by molar-refractivity contribution is 9.10. The topological polar surface area (TPSA) is 64.3 Å². The molecule has 19 heavy (non-hydrogen) atoms. The Morgan fingerprint density at radius 1 is 1.63 bits per heavy atom. The van der Waals surface area contributed by atoms with Gasteiger partial charge in [-0.15, -0.1) is 0 Å². The van der Waals surface area contributed by atoms with Gasteiger partial charge in [0, 0.05) is 29.8 Å². The van der Waals surface area contributed by atoms with E-state index in [0.29, 0.717) is 6.54 Å². The fourth-order valence-corrected chi connectivity index (χ4v) is 2.10. The van der Waals surface area contributed by atoms with Gasteiger partial charge in [-0.1, -0.05) is 15.9 Å². The molecule has 4 nitrogen and oxygen atoms in total. The molecule has 1 aromatic carbocycles. The van der Waals surface area contributed by atoms with E-state index in [-0.39, 0.29) is 5.92 Å². The van der Waals surface area contributed by atoms with Gasteiger partial charge in [-0.2, -0.15) is 5.26 Å². The molecule has 1 atom stereocenters. The summed E-state index contributed by atoms with van der Waals surface area (Å²) in [7, 11) is 1.88. The van der Waals surface area contributed by atoms with Crippen molar-refractivity contribution < 1.29 is 9.90 Å². The van der Waals surface area contributed by atoms with Crippen molar-refractivity contribution in [1.82, 2.24) is 0 Å². The Hall–Kier alpha value is -1.80. The zero-order valence-corrected chi connectivity index (χ0v) is 12.4. The normalized spacial score (nSPS) is 12.1. The number of anilines is 1. The summed E-state index contributed by atoms with van der Waals surface area (Å²) in [5, 5.41) is 17.5. The summed E-state index contributed by atoms with van der Waals surface area (Å²) < 4.78 is 0.878. The maximum Gasteiger partial charge on any atom is 0.328 e. The van der Waals surface area contributed by atoms with Crippen LogP contribution in [0.3, 0.4) is 0 Å². The minimum Gasteiger partial charge on any atom is -0.478 e. The monoisotopic (exact) mass is 322 g/mol. The van der Waals surface area contributed by atoms with Crippen LogP contribution < -0.4 is 4.90 Å². The summed E-state index contributed by atoms with van der Waals surface area (Å²) in [6, 6.07) is 7.82. The van der Waals surface area contributed by atoms with Crippen molar-refractivity contribution in [3.05, 3.63) is 34.3 Å². The second-order valence-electron chi connectivity index (χ2n) is 4.29. The Balaban J connectivity index is 3.06. The standard InChI is InChI=1S/C14H15BrN2O2/c1-10(8-16)9-17(2)13-5-4-12(15)7-11(13)3-6-14(18)19/h3-7,10H,9H2,1-2H3,(H,18,19)/b6-3+. The first-order valence-electron chi connectivity index (χ1n) is 5.75. The maximum absolute atomic E-state index is 10.6.